The van der Waals surface area contributed by atoms with Crippen LogP contribution in [0.15, 0.2) is 41.3 Å². The lowest BCUT2D eigenvalue weighted by atomic mass is 10.1. The third kappa shape index (κ3) is 5.05. The van der Waals surface area contributed by atoms with Gasteiger partial charge in [0.15, 0.2) is 5.11 Å². The topological polar surface area (TPSA) is 79.9 Å². The molecule has 0 unspecified atom stereocenters. The molecule has 29 heavy (non-hydrogen) atoms. The molecule has 0 spiro atoms. The predicted octanol–water partition coefficient (Wildman–Crippen LogP) is 3.14. The van der Waals surface area contributed by atoms with Crippen molar-refractivity contribution in [3.8, 4) is 5.75 Å². The summed E-state index contributed by atoms with van der Waals surface area (Å²) in [5.74, 6) is 0.454. The predicted molar refractivity (Wildman–Crippen MR) is 118 cm³/mol. The normalized spacial score (nSPS) is 15.0. The third-order valence-electron chi connectivity index (χ3n) is 4.67. The average molecular weight is 436 g/mol. The highest BCUT2D eigenvalue weighted by molar-refractivity contribution is 7.89. The first-order valence-electron chi connectivity index (χ1n) is 9.22. The minimum Gasteiger partial charge on any atom is -0.497 e. The van der Waals surface area contributed by atoms with E-state index < -0.39 is 10.0 Å². The lowest BCUT2D eigenvalue weighted by molar-refractivity contribution is 0.0730. The monoisotopic (exact) mass is 435 g/mol. The molecule has 0 bridgehead atoms. The maximum Gasteiger partial charge on any atom is 0.245 e. The molecule has 2 aromatic carbocycles. The molecule has 3 rings (SSSR count). The lowest BCUT2D eigenvalue weighted by Gasteiger charge is -2.27. The van der Waals surface area contributed by atoms with Gasteiger partial charge in [-0.05, 0) is 55.4 Å². The Kier molecular flexibility index (Phi) is 6.74. The number of sulfonamides is 1. The maximum absolute atomic E-state index is 13.2. The van der Waals surface area contributed by atoms with Crippen molar-refractivity contribution in [3.05, 3.63) is 47.5 Å². The molecule has 1 aliphatic heterocycles. The first kappa shape index (κ1) is 21.5. The molecule has 1 heterocycles. The summed E-state index contributed by atoms with van der Waals surface area (Å²) in [5, 5.41) is 6.48. The number of rotatable bonds is 5. The molecule has 1 aliphatic rings. The van der Waals surface area contributed by atoms with E-state index in [0.29, 0.717) is 42.9 Å². The Morgan fingerprint density at radius 2 is 1.76 bits per heavy atom. The highest BCUT2D eigenvalue weighted by Crippen LogP contribution is 2.30. The SMILES string of the molecule is COc1ccc(NC(=S)Nc2cc(C)ccc2C)c(S(=O)(=O)N2CCOCC2)c1. The van der Waals surface area contributed by atoms with Crippen molar-refractivity contribution in [1.29, 1.82) is 0 Å². The Morgan fingerprint density at radius 1 is 1.07 bits per heavy atom. The Balaban J connectivity index is 1.89. The molecule has 0 aromatic heterocycles. The zero-order valence-electron chi connectivity index (χ0n) is 16.7. The van der Waals surface area contributed by atoms with E-state index in [-0.39, 0.29) is 4.90 Å². The van der Waals surface area contributed by atoms with Crippen molar-refractivity contribution in [1.82, 2.24) is 4.31 Å². The lowest BCUT2D eigenvalue weighted by Crippen LogP contribution is -2.41. The van der Waals surface area contributed by atoms with Crippen LogP contribution in [0, 0.1) is 13.8 Å². The van der Waals surface area contributed by atoms with Crippen LogP contribution >= 0.6 is 12.2 Å². The zero-order chi connectivity index (χ0) is 21.0. The van der Waals surface area contributed by atoms with Gasteiger partial charge in [0.25, 0.3) is 0 Å². The minimum absolute atomic E-state index is 0.115. The number of ether oxygens (including phenoxy) is 2. The van der Waals surface area contributed by atoms with Gasteiger partial charge in [-0.1, -0.05) is 12.1 Å². The number of nitrogens with zero attached hydrogens (tertiary/aromatic N) is 1. The Morgan fingerprint density at radius 3 is 2.45 bits per heavy atom. The number of hydrogen-bond donors (Lipinski definition) is 2. The number of benzene rings is 2. The van der Waals surface area contributed by atoms with Crippen LogP contribution in [-0.2, 0) is 14.8 Å². The fraction of sp³-hybridized carbons (Fsp3) is 0.350. The van der Waals surface area contributed by atoms with Gasteiger partial charge in [0.1, 0.15) is 10.6 Å². The second kappa shape index (κ2) is 9.08. The second-order valence-electron chi connectivity index (χ2n) is 6.78. The van der Waals surface area contributed by atoms with Crippen molar-refractivity contribution in [3.63, 3.8) is 0 Å². The second-order valence-corrected chi connectivity index (χ2v) is 9.09. The van der Waals surface area contributed by atoms with Gasteiger partial charge in [0.2, 0.25) is 10.0 Å². The molecular weight excluding hydrogens is 410 g/mol. The first-order valence-corrected chi connectivity index (χ1v) is 11.1. The highest BCUT2D eigenvalue weighted by Gasteiger charge is 2.29. The molecule has 1 fully saturated rings. The van der Waals surface area contributed by atoms with E-state index in [1.54, 1.807) is 12.1 Å². The number of nitrogens with one attached hydrogen (secondary N) is 2. The molecule has 7 nitrogen and oxygen atoms in total. The van der Waals surface area contributed by atoms with Crippen molar-refractivity contribution in [2.24, 2.45) is 0 Å². The van der Waals surface area contributed by atoms with Gasteiger partial charge in [-0.2, -0.15) is 4.31 Å². The number of methoxy groups -OCH3 is 1. The smallest absolute Gasteiger partial charge is 0.245 e. The van der Waals surface area contributed by atoms with Crippen LogP contribution in [-0.4, -0.2) is 51.2 Å². The number of thiocarbonyl (C=S) groups is 1. The van der Waals surface area contributed by atoms with Crippen LogP contribution in [0.2, 0.25) is 0 Å². The molecule has 0 atom stereocenters. The summed E-state index contributed by atoms with van der Waals surface area (Å²) in [6.45, 7) is 5.34. The third-order valence-corrected chi connectivity index (χ3v) is 6.81. The molecule has 0 amide bonds. The van der Waals surface area contributed by atoms with Gasteiger partial charge < -0.3 is 20.1 Å². The van der Waals surface area contributed by atoms with Crippen LogP contribution in [0.3, 0.4) is 0 Å². The summed E-state index contributed by atoms with van der Waals surface area (Å²) in [4.78, 5) is 0.115. The molecule has 156 valence electrons. The van der Waals surface area contributed by atoms with E-state index >= 15 is 0 Å². The van der Waals surface area contributed by atoms with Gasteiger partial charge in [-0.3, -0.25) is 0 Å². The van der Waals surface area contributed by atoms with E-state index in [1.807, 2.05) is 32.0 Å². The summed E-state index contributed by atoms with van der Waals surface area (Å²) >= 11 is 5.44. The fourth-order valence-electron chi connectivity index (χ4n) is 3.02. The number of anilines is 2. The zero-order valence-corrected chi connectivity index (χ0v) is 18.3. The van der Waals surface area contributed by atoms with E-state index in [9.17, 15) is 8.42 Å². The summed E-state index contributed by atoms with van der Waals surface area (Å²) in [6, 6.07) is 10.9. The molecule has 0 aliphatic carbocycles. The Labute approximate surface area is 177 Å². The van der Waals surface area contributed by atoms with Crippen LogP contribution in [0.1, 0.15) is 11.1 Å². The summed E-state index contributed by atoms with van der Waals surface area (Å²) in [5.41, 5.74) is 3.39. The van der Waals surface area contributed by atoms with E-state index in [0.717, 1.165) is 16.8 Å². The molecule has 1 saturated heterocycles. The summed E-state index contributed by atoms with van der Waals surface area (Å²) in [7, 11) is -2.23. The van der Waals surface area contributed by atoms with Gasteiger partial charge in [0.05, 0.1) is 26.0 Å². The fourth-order valence-corrected chi connectivity index (χ4v) is 4.81. The van der Waals surface area contributed by atoms with Crippen molar-refractivity contribution >= 4 is 38.7 Å². The summed E-state index contributed by atoms with van der Waals surface area (Å²) < 4.78 is 38.4. The molecule has 2 N–H and O–H groups in total. The van der Waals surface area contributed by atoms with Gasteiger partial charge in [-0.15, -0.1) is 0 Å². The minimum atomic E-state index is -3.74. The summed E-state index contributed by atoms with van der Waals surface area (Å²) in [6.07, 6.45) is 0. The maximum atomic E-state index is 13.2. The Hall–Kier alpha value is -2.20. The van der Waals surface area contributed by atoms with Crippen molar-refractivity contribution in [2.75, 3.05) is 44.0 Å². The standard InChI is InChI=1S/C20H25N3O4S2/c1-14-4-5-15(2)18(12-14)22-20(28)21-17-7-6-16(26-3)13-19(17)29(24,25)23-8-10-27-11-9-23/h4-7,12-13H,8-11H2,1-3H3,(H2,21,22,28). The largest absolute Gasteiger partial charge is 0.497 e. The Bertz CT molecular complexity index is 1000. The molecule has 0 radical (unpaired) electrons. The number of hydrogen-bond acceptors (Lipinski definition) is 5. The number of morpholine rings is 1. The average Bonchev–Trinajstić information content (AvgIpc) is 2.71. The van der Waals surface area contributed by atoms with Gasteiger partial charge >= 0.3 is 0 Å². The van der Waals surface area contributed by atoms with Crippen LogP contribution in [0.25, 0.3) is 0 Å². The van der Waals surface area contributed by atoms with E-state index in [4.69, 9.17) is 21.7 Å². The van der Waals surface area contributed by atoms with Crippen LogP contribution in [0.4, 0.5) is 11.4 Å². The highest BCUT2D eigenvalue weighted by atomic mass is 32.2. The number of aryl methyl sites for hydroxylation is 2. The quantitative estimate of drug-likeness (QED) is 0.699. The van der Waals surface area contributed by atoms with E-state index in [2.05, 4.69) is 10.6 Å². The van der Waals surface area contributed by atoms with Crippen molar-refractivity contribution in [2.45, 2.75) is 18.7 Å². The molecule has 2 aromatic rings. The van der Waals surface area contributed by atoms with Gasteiger partial charge in [0, 0.05) is 24.8 Å². The molecule has 9 heteroatoms. The van der Waals surface area contributed by atoms with Crippen LogP contribution < -0.4 is 15.4 Å². The van der Waals surface area contributed by atoms with Gasteiger partial charge in [-0.25, -0.2) is 8.42 Å². The molecule has 0 saturated carbocycles. The first-order chi connectivity index (χ1) is 13.8. The van der Waals surface area contributed by atoms with Crippen LogP contribution in [0.5, 0.6) is 5.75 Å². The van der Waals surface area contributed by atoms with E-state index in [1.165, 1.54) is 17.5 Å². The van der Waals surface area contributed by atoms with Crippen molar-refractivity contribution < 1.29 is 17.9 Å². The molecular formula is C20H25N3O4S2.